The Labute approximate surface area is 153 Å². The molecule has 1 aliphatic heterocycles. The summed E-state index contributed by atoms with van der Waals surface area (Å²) >= 11 is 0. The molecule has 0 unspecified atom stereocenters. The van der Waals surface area contributed by atoms with E-state index in [1.807, 2.05) is 48.5 Å². The monoisotopic (exact) mass is 352 g/mol. The molecule has 0 radical (unpaired) electrons. The molecule has 5 nitrogen and oxygen atoms in total. The van der Waals surface area contributed by atoms with E-state index in [0.717, 1.165) is 17.7 Å². The summed E-state index contributed by atoms with van der Waals surface area (Å²) in [5, 5.41) is 12.9. The molecule has 1 atom stereocenters. The minimum atomic E-state index is -0.917. The Morgan fingerprint density at radius 3 is 2.46 bits per heavy atom. The normalized spacial score (nSPS) is 15.9. The van der Waals surface area contributed by atoms with Crippen molar-refractivity contribution in [2.45, 2.75) is 39.7 Å². The second-order valence-corrected chi connectivity index (χ2v) is 7.65. The van der Waals surface area contributed by atoms with Crippen LogP contribution in [0.25, 0.3) is 0 Å². The maximum atomic E-state index is 11.8. The molecular formula is C21H24N2O3. The van der Waals surface area contributed by atoms with Gasteiger partial charge < -0.3 is 15.2 Å². The topological polar surface area (TPSA) is 70.9 Å². The molecule has 136 valence electrons. The number of aliphatic imine (C=N–C) groups is 1. The molecule has 5 heteroatoms. The van der Waals surface area contributed by atoms with Crippen molar-refractivity contribution in [3.63, 3.8) is 0 Å². The van der Waals surface area contributed by atoms with Gasteiger partial charge in [0, 0.05) is 0 Å². The fourth-order valence-corrected chi connectivity index (χ4v) is 2.79. The number of hydrogen-bond acceptors (Lipinski definition) is 3. The third kappa shape index (κ3) is 4.23. The van der Waals surface area contributed by atoms with Crippen LogP contribution in [-0.2, 0) is 4.79 Å². The van der Waals surface area contributed by atoms with Gasteiger partial charge in [0.15, 0.2) is 5.75 Å². The van der Waals surface area contributed by atoms with Gasteiger partial charge in [0.1, 0.15) is 17.6 Å². The summed E-state index contributed by atoms with van der Waals surface area (Å²) in [5.74, 6) is 0.946. The standard InChI is InChI=1S/C21H24N2O3/c1-21(2,3)13-12-16(20(24)25)23-19-14-8-4-6-10-17(14)26-18-11-7-5-9-15(18)22-19/h4-11,16H,12-13H2,1-3H3,(H,22,23)(H,24,25)/t16-/m0/s1. The first-order chi connectivity index (χ1) is 12.3. The zero-order valence-corrected chi connectivity index (χ0v) is 15.3. The lowest BCUT2D eigenvalue weighted by atomic mass is 9.89. The maximum Gasteiger partial charge on any atom is 0.328 e. The molecule has 2 aromatic rings. The van der Waals surface area contributed by atoms with Gasteiger partial charge in [-0.25, -0.2) is 4.79 Å². The average Bonchev–Trinajstić information content (AvgIpc) is 2.73. The molecule has 0 aliphatic carbocycles. The first-order valence-corrected chi connectivity index (χ1v) is 8.77. The van der Waals surface area contributed by atoms with Crippen molar-refractivity contribution in [2.75, 3.05) is 5.32 Å². The van der Waals surface area contributed by atoms with Crippen molar-refractivity contribution < 1.29 is 14.6 Å². The second-order valence-electron chi connectivity index (χ2n) is 7.65. The van der Waals surface area contributed by atoms with Gasteiger partial charge in [-0.15, -0.1) is 0 Å². The predicted molar refractivity (Wildman–Crippen MR) is 103 cm³/mol. The molecule has 0 saturated heterocycles. The van der Waals surface area contributed by atoms with Crippen molar-refractivity contribution in [3.05, 3.63) is 54.1 Å². The number of carboxylic acids is 1. The molecular weight excluding hydrogens is 328 g/mol. The molecule has 0 saturated carbocycles. The Morgan fingerprint density at radius 2 is 1.77 bits per heavy atom. The molecule has 1 aliphatic rings. The summed E-state index contributed by atoms with van der Waals surface area (Å²) in [5.41, 5.74) is 1.58. The van der Waals surface area contributed by atoms with Crippen LogP contribution in [0.15, 0.2) is 53.5 Å². The van der Waals surface area contributed by atoms with E-state index >= 15 is 0 Å². The third-order valence-corrected chi connectivity index (χ3v) is 4.24. The summed E-state index contributed by atoms with van der Waals surface area (Å²) in [6.45, 7) is 6.30. The average molecular weight is 352 g/mol. The van der Waals surface area contributed by atoms with E-state index in [1.165, 1.54) is 0 Å². The third-order valence-electron chi connectivity index (χ3n) is 4.24. The van der Waals surface area contributed by atoms with Gasteiger partial charge in [-0.1, -0.05) is 45.0 Å². The Balaban J connectivity index is 2.00. The van der Waals surface area contributed by atoms with Crippen molar-refractivity contribution in [2.24, 2.45) is 10.4 Å². The molecule has 0 bridgehead atoms. The highest BCUT2D eigenvalue weighted by molar-refractivity contribution is 6.12. The zero-order chi connectivity index (χ0) is 18.7. The highest BCUT2D eigenvalue weighted by Crippen LogP contribution is 2.35. The molecule has 1 heterocycles. The van der Waals surface area contributed by atoms with E-state index < -0.39 is 12.0 Å². The Hall–Kier alpha value is -2.82. The highest BCUT2D eigenvalue weighted by atomic mass is 16.5. The van der Waals surface area contributed by atoms with E-state index in [0.29, 0.717) is 23.8 Å². The lowest BCUT2D eigenvalue weighted by molar-refractivity contribution is -0.138. The molecule has 2 N–H and O–H groups in total. The summed E-state index contributed by atoms with van der Waals surface area (Å²) < 4.78 is 6.00. The predicted octanol–water partition coefficient (Wildman–Crippen LogP) is 4.93. The van der Waals surface area contributed by atoms with Gasteiger partial charge in [0.25, 0.3) is 0 Å². The number of aliphatic carboxylic acids is 1. The SMILES string of the molecule is CC(C)(C)CC[C@H](N=C1Nc2ccccc2Oc2ccccc21)C(=O)O. The molecule has 0 amide bonds. The van der Waals surface area contributed by atoms with Gasteiger partial charge in [-0.2, -0.15) is 0 Å². The maximum absolute atomic E-state index is 11.8. The number of benzene rings is 2. The zero-order valence-electron chi connectivity index (χ0n) is 15.3. The summed E-state index contributed by atoms with van der Waals surface area (Å²) in [6, 6.07) is 14.3. The molecule has 3 rings (SSSR count). The summed E-state index contributed by atoms with van der Waals surface area (Å²) in [6.07, 6.45) is 1.25. The van der Waals surface area contributed by atoms with E-state index in [9.17, 15) is 9.90 Å². The molecule has 2 aromatic carbocycles. The van der Waals surface area contributed by atoms with Crippen LogP contribution in [0.4, 0.5) is 5.69 Å². The lowest BCUT2D eigenvalue weighted by Gasteiger charge is -2.20. The number of carbonyl (C=O) groups is 1. The number of hydrogen-bond donors (Lipinski definition) is 2. The van der Waals surface area contributed by atoms with Gasteiger partial charge in [0.2, 0.25) is 0 Å². The van der Waals surface area contributed by atoms with Gasteiger partial charge in [-0.05, 0) is 42.5 Å². The lowest BCUT2D eigenvalue weighted by Crippen LogP contribution is -2.25. The minimum Gasteiger partial charge on any atom is -0.480 e. The number of amidine groups is 1. The van der Waals surface area contributed by atoms with E-state index in [2.05, 4.69) is 31.1 Å². The van der Waals surface area contributed by atoms with Crippen molar-refractivity contribution >= 4 is 17.5 Å². The van der Waals surface area contributed by atoms with Gasteiger partial charge in [-0.3, -0.25) is 4.99 Å². The Bertz CT molecular complexity index is 837. The van der Waals surface area contributed by atoms with Crippen molar-refractivity contribution in [1.82, 2.24) is 0 Å². The van der Waals surface area contributed by atoms with Crippen LogP contribution in [0.2, 0.25) is 0 Å². The largest absolute Gasteiger partial charge is 0.480 e. The fourth-order valence-electron chi connectivity index (χ4n) is 2.79. The molecule has 0 aromatic heterocycles. The fraction of sp³-hybridized carbons (Fsp3) is 0.333. The second kappa shape index (κ2) is 7.20. The number of nitrogens with zero attached hydrogens (tertiary/aromatic N) is 1. The number of ether oxygens (including phenoxy) is 1. The van der Waals surface area contributed by atoms with Crippen LogP contribution in [-0.4, -0.2) is 23.0 Å². The number of para-hydroxylation sites is 3. The first kappa shape index (κ1) is 18.0. The number of anilines is 1. The van der Waals surface area contributed by atoms with Crippen LogP contribution in [0.3, 0.4) is 0 Å². The smallest absolute Gasteiger partial charge is 0.328 e. The molecule has 0 spiro atoms. The van der Waals surface area contributed by atoms with Crippen molar-refractivity contribution in [1.29, 1.82) is 0 Å². The van der Waals surface area contributed by atoms with Gasteiger partial charge in [0.05, 0.1) is 11.3 Å². The van der Waals surface area contributed by atoms with Crippen LogP contribution in [0, 0.1) is 5.41 Å². The Kier molecular flexibility index (Phi) is 4.98. The molecule has 26 heavy (non-hydrogen) atoms. The van der Waals surface area contributed by atoms with Crippen molar-refractivity contribution in [3.8, 4) is 11.5 Å². The summed E-state index contributed by atoms with van der Waals surface area (Å²) in [4.78, 5) is 16.3. The number of carboxylic acid groups (broad SMARTS) is 1. The first-order valence-electron chi connectivity index (χ1n) is 8.77. The van der Waals surface area contributed by atoms with E-state index in [4.69, 9.17) is 4.74 Å². The van der Waals surface area contributed by atoms with Crippen LogP contribution in [0.1, 0.15) is 39.2 Å². The number of rotatable bonds is 4. The highest BCUT2D eigenvalue weighted by Gasteiger charge is 2.24. The van der Waals surface area contributed by atoms with Crippen LogP contribution < -0.4 is 10.1 Å². The van der Waals surface area contributed by atoms with Crippen LogP contribution in [0.5, 0.6) is 11.5 Å². The van der Waals surface area contributed by atoms with Crippen LogP contribution >= 0.6 is 0 Å². The minimum absolute atomic E-state index is 0.0540. The van der Waals surface area contributed by atoms with E-state index in [-0.39, 0.29) is 5.41 Å². The Morgan fingerprint density at radius 1 is 1.12 bits per heavy atom. The number of nitrogens with one attached hydrogen (secondary N) is 1. The quantitative estimate of drug-likeness (QED) is 0.818. The van der Waals surface area contributed by atoms with E-state index in [1.54, 1.807) is 0 Å². The van der Waals surface area contributed by atoms with Gasteiger partial charge >= 0.3 is 5.97 Å². The summed E-state index contributed by atoms with van der Waals surface area (Å²) in [7, 11) is 0. The molecule has 0 fully saturated rings. The number of fused-ring (bicyclic) bond motifs is 2.